The zero-order valence-corrected chi connectivity index (χ0v) is 10.8. The smallest absolute Gasteiger partial charge is 0.238 e. The number of nitrogens with zero attached hydrogens (tertiary/aromatic N) is 3. The Morgan fingerprint density at radius 3 is 2.74 bits per heavy atom. The average Bonchev–Trinajstić information content (AvgIpc) is 3.25. The lowest BCUT2D eigenvalue weighted by Gasteiger charge is -2.05. The number of rotatable bonds is 5. The number of hydrogen-bond donors (Lipinski definition) is 1. The highest BCUT2D eigenvalue weighted by Gasteiger charge is 2.20. The molecule has 0 radical (unpaired) electrons. The minimum Gasteiger partial charge on any atom is -0.436 e. The molecule has 1 aliphatic rings. The molecule has 1 fully saturated rings. The molecule has 0 bridgehead atoms. The molecule has 0 aliphatic heterocycles. The molecule has 3 rings (SSSR count). The van der Waals surface area contributed by atoms with Crippen molar-refractivity contribution in [3.63, 3.8) is 0 Å². The van der Waals surface area contributed by atoms with E-state index in [0.717, 1.165) is 17.9 Å². The normalized spacial score (nSPS) is 14.4. The predicted molar refractivity (Wildman–Crippen MR) is 70.9 cm³/mol. The minimum atomic E-state index is 0.487. The number of pyridine rings is 1. The van der Waals surface area contributed by atoms with Gasteiger partial charge >= 0.3 is 0 Å². The van der Waals surface area contributed by atoms with Crippen molar-refractivity contribution in [2.75, 3.05) is 0 Å². The van der Waals surface area contributed by atoms with Crippen LogP contribution in [0.15, 0.2) is 30.5 Å². The molecule has 5 nitrogen and oxygen atoms in total. The number of ether oxygens (including phenoxy) is 1. The van der Waals surface area contributed by atoms with Crippen LogP contribution in [0.4, 0.5) is 0 Å². The molecule has 0 amide bonds. The maximum absolute atomic E-state index is 5.57. The lowest BCUT2D eigenvalue weighted by atomic mass is 10.3. The molecule has 2 aromatic rings. The molecule has 2 aromatic heterocycles. The fourth-order valence-corrected chi connectivity index (χ4v) is 1.67. The summed E-state index contributed by atoms with van der Waals surface area (Å²) in [5.41, 5.74) is 1.89. The van der Waals surface area contributed by atoms with E-state index in [9.17, 15) is 0 Å². The van der Waals surface area contributed by atoms with E-state index in [0.29, 0.717) is 17.7 Å². The first kappa shape index (κ1) is 12.0. The molecule has 2 heterocycles. The summed E-state index contributed by atoms with van der Waals surface area (Å²) in [4.78, 5) is 4.17. The Bertz CT molecular complexity index is 534. The van der Waals surface area contributed by atoms with Gasteiger partial charge in [0.1, 0.15) is 5.75 Å². The zero-order chi connectivity index (χ0) is 13.1. The largest absolute Gasteiger partial charge is 0.436 e. The van der Waals surface area contributed by atoms with E-state index in [1.165, 1.54) is 12.8 Å². The number of aryl methyl sites for hydroxylation is 1. The molecule has 0 unspecified atom stereocenters. The first-order chi connectivity index (χ1) is 9.29. The van der Waals surface area contributed by atoms with Gasteiger partial charge in [-0.1, -0.05) is 0 Å². The van der Waals surface area contributed by atoms with E-state index in [1.807, 2.05) is 31.2 Å². The van der Waals surface area contributed by atoms with E-state index in [-0.39, 0.29) is 0 Å². The zero-order valence-electron chi connectivity index (χ0n) is 10.8. The van der Waals surface area contributed by atoms with E-state index >= 15 is 0 Å². The summed E-state index contributed by atoms with van der Waals surface area (Å²) in [7, 11) is 0. The maximum Gasteiger partial charge on any atom is 0.238 e. The molecule has 5 heteroatoms. The average molecular weight is 256 g/mol. The van der Waals surface area contributed by atoms with Gasteiger partial charge in [0, 0.05) is 24.3 Å². The van der Waals surface area contributed by atoms with Gasteiger partial charge in [0.2, 0.25) is 5.88 Å². The summed E-state index contributed by atoms with van der Waals surface area (Å²) in [5.74, 6) is 1.16. The Kier molecular flexibility index (Phi) is 3.37. The Hall–Kier alpha value is -2.01. The third kappa shape index (κ3) is 3.48. The summed E-state index contributed by atoms with van der Waals surface area (Å²) in [6.45, 7) is 2.70. The van der Waals surface area contributed by atoms with Crippen molar-refractivity contribution in [3.8, 4) is 11.6 Å². The number of aromatic nitrogens is 3. The van der Waals surface area contributed by atoms with Crippen molar-refractivity contribution in [3.05, 3.63) is 41.9 Å². The first-order valence-electron chi connectivity index (χ1n) is 6.46. The van der Waals surface area contributed by atoms with Gasteiger partial charge in [-0.3, -0.25) is 4.98 Å². The van der Waals surface area contributed by atoms with Crippen LogP contribution in [0, 0.1) is 6.92 Å². The van der Waals surface area contributed by atoms with Crippen molar-refractivity contribution in [1.82, 2.24) is 20.5 Å². The van der Waals surface area contributed by atoms with Gasteiger partial charge in [-0.05, 0) is 38.0 Å². The molecule has 0 atom stereocenters. The van der Waals surface area contributed by atoms with Gasteiger partial charge < -0.3 is 10.1 Å². The van der Waals surface area contributed by atoms with Crippen LogP contribution in [0.25, 0.3) is 0 Å². The van der Waals surface area contributed by atoms with Crippen LogP contribution >= 0.6 is 0 Å². The molecule has 98 valence electrons. The van der Waals surface area contributed by atoms with Crippen LogP contribution < -0.4 is 10.1 Å². The molecule has 0 spiro atoms. The fraction of sp³-hybridized carbons (Fsp3) is 0.357. The molecule has 1 N–H and O–H groups in total. The lowest BCUT2D eigenvalue weighted by Crippen LogP contribution is -2.16. The Morgan fingerprint density at radius 1 is 1.21 bits per heavy atom. The van der Waals surface area contributed by atoms with Crippen LogP contribution in [0.5, 0.6) is 11.6 Å². The second-order valence-corrected chi connectivity index (χ2v) is 4.76. The van der Waals surface area contributed by atoms with E-state index in [4.69, 9.17) is 4.74 Å². The molecule has 0 aromatic carbocycles. The van der Waals surface area contributed by atoms with Gasteiger partial charge in [0.25, 0.3) is 0 Å². The van der Waals surface area contributed by atoms with Crippen LogP contribution in [-0.4, -0.2) is 21.2 Å². The molecular formula is C14H16N4O. The summed E-state index contributed by atoms with van der Waals surface area (Å²) in [5, 5.41) is 11.6. The molecule has 1 saturated carbocycles. The highest BCUT2D eigenvalue weighted by molar-refractivity contribution is 5.24. The van der Waals surface area contributed by atoms with E-state index in [1.54, 1.807) is 6.20 Å². The highest BCUT2D eigenvalue weighted by Crippen LogP contribution is 2.20. The van der Waals surface area contributed by atoms with Crippen molar-refractivity contribution >= 4 is 0 Å². The Morgan fingerprint density at radius 2 is 2.11 bits per heavy atom. The molecule has 1 aliphatic carbocycles. The second-order valence-electron chi connectivity index (χ2n) is 4.76. The van der Waals surface area contributed by atoms with Crippen molar-refractivity contribution < 1.29 is 4.74 Å². The van der Waals surface area contributed by atoms with Crippen molar-refractivity contribution in [1.29, 1.82) is 0 Å². The van der Waals surface area contributed by atoms with Gasteiger partial charge in [-0.15, -0.1) is 5.10 Å². The predicted octanol–water partition coefficient (Wildman–Crippen LogP) is 2.22. The fourth-order valence-electron chi connectivity index (χ4n) is 1.67. The first-order valence-corrected chi connectivity index (χ1v) is 6.46. The van der Waals surface area contributed by atoms with Crippen LogP contribution in [0.3, 0.4) is 0 Å². The van der Waals surface area contributed by atoms with Gasteiger partial charge in [-0.25, -0.2) is 0 Å². The summed E-state index contributed by atoms with van der Waals surface area (Å²) >= 11 is 0. The topological polar surface area (TPSA) is 59.9 Å². The molecule has 19 heavy (non-hydrogen) atoms. The number of nitrogens with one attached hydrogen (secondary N) is 1. The summed E-state index contributed by atoms with van der Waals surface area (Å²) < 4.78 is 5.57. The van der Waals surface area contributed by atoms with Gasteiger partial charge in [-0.2, -0.15) is 5.10 Å². The van der Waals surface area contributed by atoms with Crippen molar-refractivity contribution in [2.45, 2.75) is 32.4 Å². The maximum atomic E-state index is 5.57. The van der Waals surface area contributed by atoms with Crippen LogP contribution in [0.1, 0.15) is 24.2 Å². The van der Waals surface area contributed by atoms with Crippen LogP contribution in [0.2, 0.25) is 0 Å². The van der Waals surface area contributed by atoms with E-state index in [2.05, 4.69) is 20.5 Å². The Balaban J connectivity index is 1.59. The SMILES string of the molecule is Cc1ccc(Oc2ccc(CNC3CC3)nn2)cn1. The lowest BCUT2D eigenvalue weighted by molar-refractivity contribution is 0.451. The second kappa shape index (κ2) is 5.32. The van der Waals surface area contributed by atoms with E-state index < -0.39 is 0 Å². The third-order valence-electron chi connectivity index (χ3n) is 2.95. The highest BCUT2D eigenvalue weighted by atomic mass is 16.5. The number of hydrogen-bond acceptors (Lipinski definition) is 5. The standard InChI is InChI=1S/C14H16N4O/c1-10-2-6-13(9-15-10)19-14-7-5-12(17-18-14)8-16-11-3-4-11/h2,5-7,9,11,16H,3-4,8H2,1H3. The summed E-state index contributed by atoms with van der Waals surface area (Å²) in [6.07, 6.45) is 4.23. The third-order valence-corrected chi connectivity index (χ3v) is 2.95. The van der Waals surface area contributed by atoms with Crippen LogP contribution in [-0.2, 0) is 6.54 Å². The van der Waals surface area contributed by atoms with Gasteiger partial charge in [0.05, 0.1) is 11.9 Å². The monoisotopic (exact) mass is 256 g/mol. The summed E-state index contributed by atoms with van der Waals surface area (Å²) in [6, 6.07) is 8.20. The minimum absolute atomic E-state index is 0.487. The molecular weight excluding hydrogens is 240 g/mol. The Labute approximate surface area is 112 Å². The quantitative estimate of drug-likeness (QED) is 0.888. The van der Waals surface area contributed by atoms with Gasteiger partial charge in [0.15, 0.2) is 0 Å². The van der Waals surface area contributed by atoms with Crippen molar-refractivity contribution in [2.24, 2.45) is 0 Å². The molecule has 0 saturated heterocycles.